The number of rotatable bonds is 1. The monoisotopic (exact) mass is 366 g/mol. The van der Waals surface area contributed by atoms with Crippen LogP contribution in [0.25, 0.3) is 0 Å². The number of nitrogens with zero attached hydrogens (tertiary/aromatic N) is 1. The van der Waals surface area contributed by atoms with E-state index < -0.39 is 17.7 Å². The van der Waals surface area contributed by atoms with Crippen LogP contribution in [0.1, 0.15) is 24.0 Å². The Bertz CT molecular complexity index is 714. The van der Waals surface area contributed by atoms with Gasteiger partial charge in [0.25, 0.3) is 5.79 Å². The second-order valence-electron chi connectivity index (χ2n) is 6.61. The van der Waals surface area contributed by atoms with Crippen molar-refractivity contribution in [1.82, 2.24) is 5.32 Å². The summed E-state index contributed by atoms with van der Waals surface area (Å²) in [5, 5.41) is 13.4. The molecule has 3 aliphatic heterocycles. The Morgan fingerprint density at radius 3 is 2.48 bits per heavy atom. The van der Waals surface area contributed by atoms with E-state index in [9.17, 15) is 14.7 Å². The third kappa shape index (κ3) is 2.86. The van der Waals surface area contributed by atoms with Gasteiger partial charge in [-0.05, 0) is 30.7 Å². The van der Waals surface area contributed by atoms with Gasteiger partial charge in [-0.15, -0.1) is 0 Å². The maximum absolute atomic E-state index is 12.1. The highest BCUT2D eigenvalue weighted by Gasteiger charge is 2.46. The topological polar surface area (TPSA) is 88.1 Å². The lowest BCUT2D eigenvalue weighted by Crippen LogP contribution is -2.51. The number of ether oxygens (including phenoxy) is 2. The van der Waals surface area contributed by atoms with Crippen molar-refractivity contribution in [3.05, 3.63) is 28.3 Å². The van der Waals surface area contributed by atoms with Gasteiger partial charge in [0, 0.05) is 18.7 Å². The van der Waals surface area contributed by atoms with E-state index in [0.717, 1.165) is 11.3 Å². The van der Waals surface area contributed by atoms with E-state index in [1.54, 1.807) is 12.1 Å². The number of fused-ring (bicyclic) bond motifs is 2. The maximum Gasteiger partial charge on any atom is 0.309 e. The van der Waals surface area contributed by atoms with Gasteiger partial charge in [-0.1, -0.05) is 11.6 Å². The largest absolute Gasteiger partial charge is 0.416 e. The number of anilines is 1. The lowest BCUT2D eigenvalue weighted by atomic mass is 9.94. The summed E-state index contributed by atoms with van der Waals surface area (Å²) >= 11 is 6.43. The lowest BCUT2D eigenvalue weighted by Gasteiger charge is -2.40. The number of hydrogen-bond donors (Lipinski definition) is 2. The molecule has 1 aromatic carbocycles. The van der Waals surface area contributed by atoms with E-state index in [1.165, 1.54) is 0 Å². The van der Waals surface area contributed by atoms with E-state index >= 15 is 0 Å². The van der Waals surface area contributed by atoms with Crippen molar-refractivity contribution in [2.24, 2.45) is 0 Å². The minimum absolute atomic E-state index is 0.00861. The van der Waals surface area contributed by atoms with Gasteiger partial charge in [0.2, 0.25) is 0 Å². The van der Waals surface area contributed by atoms with Gasteiger partial charge >= 0.3 is 11.9 Å². The molecule has 3 aliphatic rings. The van der Waals surface area contributed by atoms with E-state index in [2.05, 4.69) is 5.32 Å². The summed E-state index contributed by atoms with van der Waals surface area (Å²) in [6.45, 7) is 1.82. The number of carbonyl (C=O) groups excluding carboxylic acids is 2. The predicted octanol–water partition coefficient (Wildman–Crippen LogP) is 0.700. The lowest BCUT2D eigenvalue weighted by molar-refractivity contribution is -0.225. The zero-order valence-corrected chi connectivity index (χ0v) is 14.3. The third-order valence-electron chi connectivity index (χ3n) is 4.82. The smallest absolute Gasteiger partial charge is 0.309 e. The average Bonchev–Trinajstić information content (AvgIpc) is 2.79. The molecule has 0 bridgehead atoms. The van der Waals surface area contributed by atoms with Crippen LogP contribution in [0.5, 0.6) is 0 Å². The molecule has 2 fully saturated rings. The number of carbonyl (C=O) groups is 2. The maximum atomic E-state index is 12.1. The molecule has 0 atom stereocenters. The number of aliphatic hydroxyl groups excluding tert-OH is 1. The van der Waals surface area contributed by atoms with Crippen LogP contribution >= 0.6 is 11.6 Å². The first-order valence-electron chi connectivity index (χ1n) is 8.38. The quantitative estimate of drug-likeness (QED) is 0.707. The number of esters is 2. The second-order valence-corrected chi connectivity index (χ2v) is 7.02. The summed E-state index contributed by atoms with van der Waals surface area (Å²) in [5.74, 6) is -2.40. The molecule has 8 heteroatoms. The minimum Gasteiger partial charge on any atom is -0.416 e. The first kappa shape index (κ1) is 16.6. The SMILES string of the molecule is O=C1CCC(=O)OC2(CNCCc3c2ccc(Cl)c3N2CC(O)C2)O1. The van der Waals surface area contributed by atoms with Crippen molar-refractivity contribution in [1.29, 1.82) is 0 Å². The molecular weight excluding hydrogens is 348 g/mol. The van der Waals surface area contributed by atoms with Crippen molar-refractivity contribution in [2.45, 2.75) is 31.2 Å². The molecule has 0 amide bonds. The molecule has 25 heavy (non-hydrogen) atoms. The van der Waals surface area contributed by atoms with E-state index in [4.69, 9.17) is 21.1 Å². The molecular formula is C17H19ClN2O5. The van der Waals surface area contributed by atoms with Crippen LogP contribution in [0.2, 0.25) is 5.02 Å². The number of nitrogens with one attached hydrogen (secondary N) is 1. The summed E-state index contributed by atoms with van der Waals surface area (Å²) < 4.78 is 11.2. The van der Waals surface area contributed by atoms with Gasteiger partial charge in [-0.2, -0.15) is 0 Å². The fourth-order valence-corrected chi connectivity index (χ4v) is 3.93. The zero-order chi connectivity index (χ0) is 17.6. The van der Waals surface area contributed by atoms with E-state index in [0.29, 0.717) is 36.6 Å². The summed E-state index contributed by atoms with van der Waals surface area (Å²) in [7, 11) is 0. The molecule has 0 aliphatic carbocycles. The highest BCUT2D eigenvalue weighted by atomic mass is 35.5. The molecule has 134 valence electrons. The van der Waals surface area contributed by atoms with Crippen molar-refractivity contribution in [2.75, 3.05) is 31.1 Å². The summed E-state index contributed by atoms with van der Waals surface area (Å²) in [6, 6.07) is 3.48. The van der Waals surface area contributed by atoms with Crippen LogP contribution in [-0.4, -0.2) is 49.3 Å². The Kier molecular flexibility index (Phi) is 4.10. The fourth-order valence-electron chi connectivity index (χ4n) is 3.64. The Labute approximate surface area is 149 Å². The Hall–Kier alpha value is -1.83. The van der Waals surface area contributed by atoms with Gasteiger partial charge in [0.15, 0.2) is 0 Å². The van der Waals surface area contributed by atoms with E-state index in [-0.39, 0.29) is 25.5 Å². The van der Waals surface area contributed by atoms with Crippen LogP contribution in [0.3, 0.4) is 0 Å². The first-order valence-corrected chi connectivity index (χ1v) is 8.75. The minimum atomic E-state index is -1.47. The van der Waals surface area contributed by atoms with Crippen molar-refractivity contribution >= 4 is 29.2 Å². The normalized spacial score (nSPS) is 23.2. The Morgan fingerprint density at radius 2 is 1.84 bits per heavy atom. The van der Waals surface area contributed by atoms with Crippen LogP contribution in [0.15, 0.2) is 12.1 Å². The molecule has 7 nitrogen and oxygen atoms in total. The van der Waals surface area contributed by atoms with Crippen LogP contribution in [0.4, 0.5) is 5.69 Å². The highest BCUT2D eigenvalue weighted by Crippen LogP contribution is 2.42. The zero-order valence-electron chi connectivity index (χ0n) is 13.6. The van der Waals surface area contributed by atoms with E-state index in [1.807, 2.05) is 4.90 Å². The van der Waals surface area contributed by atoms with Crippen LogP contribution < -0.4 is 10.2 Å². The number of hydrogen-bond acceptors (Lipinski definition) is 7. The van der Waals surface area contributed by atoms with Gasteiger partial charge in [0.1, 0.15) is 0 Å². The molecule has 3 heterocycles. The van der Waals surface area contributed by atoms with Gasteiger partial charge in [0.05, 0.1) is 36.2 Å². The van der Waals surface area contributed by atoms with Crippen LogP contribution in [0, 0.1) is 0 Å². The first-order chi connectivity index (χ1) is 12.0. The summed E-state index contributed by atoms with van der Waals surface area (Å²) in [6.07, 6.45) is 0.288. The molecule has 2 N–H and O–H groups in total. The third-order valence-corrected chi connectivity index (χ3v) is 5.13. The number of halogens is 1. The predicted molar refractivity (Wildman–Crippen MR) is 89.3 cm³/mol. The average molecular weight is 367 g/mol. The molecule has 0 saturated carbocycles. The molecule has 0 radical (unpaired) electrons. The summed E-state index contributed by atoms with van der Waals surface area (Å²) in [4.78, 5) is 26.1. The standard InChI is InChI=1S/C17H19ClN2O5/c18-13-2-1-12-11(16(13)20-7-10(21)8-20)5-6-19-9-17(12)24-14(22)3-4-15(23)25-17/h1-2,10,19,21H,3-9H2. The highest BCUT2D eigenvalue weighted by molar-refractivity contribution is 6.33. The van der Waals surface area contributed by atoms with Crippen molar-refractivity contribution < 1.29 is 24.2 Å². The van der Waals surface area contributed by atoms with Crippen molar-refractivity contribution in [3.63, 3.8) is 0 Å². The van der Waals surface area contributed by atoms with Gasteiger partial charge in [-0.3, -0.25) is 9.59 Å². The molecule has 1 aromatic rings. The van der Waals surface area contributed by atoms with Crippen LogP contribution in [-0.2, 0) is 31.3 Å². The molecule has 0 unspecified atom stereocenters. The van der Waals surface area contributed by atoms with Gasteiger partial charge < -0.3 is 24.8 Å². The molecule has 0 aromatic heterocycles. The molecule has 4 rings (SSSR count). The number of β-amino-alcohol motifs (C(OH)–C–C–N with tert-alkyl or cyclic N) is 1. The Morgan fingerprint density at radius 1 is 1.16 bits per heavy atom. The van der Waals surface area contributed by atoms with Gasteiger partial charge in [-0.25, -0.2) is 0 Å². The number of aliphatic hydroxyl groups is 1. The Balaban J connectivity index is 1.84. The second kappa shape index (κ2) is 6.16. The fraction of sp³-hybridized carbons (Fsp3) is 0.529. The summed E-state index contributed by atoms with van der Waals surface area (Å²) in [5.41, 5.74) is 2.33. The molecule has 2 saturated heterocycles. The number of benzene rings is 1. The molecule has 1 spiro atoms. The van der Waals surface area contributed by atoms with Crippen molar-refractivity contribution in [3.8, 4) is 0 Å².